The number of hydrogen-bond acceptors (Lipinski definition) is 5. The highest BCUT2D eigenvalue weighted by Gasteiger charge is 2.41. The molecule has 0 bridgehead atoms. The molecule has 4 atom stereocenters. The summed E-state index contributed by atoms with van der Waals surface area (Å²) < 4.78 is 0. The van der Waals surface area contributed by atoms with Gasteiger partial charge < -0.3 is 20.6 Å². The van der Waals surface area contributed by atoms with Crippen LogP contribution in [0, 0.1) is 11.8 Å². The van der Waals surface area contributed by atoms with Crippen molar-refractivity contribution in [3.8, 4) is 11.8 Å². The van der Waals surface area contributed by atoms with Gasteiger partial charge in [-0.25, -0.2) is 0 Å². The number of carbonyl (C=O) groups is 1. The average molecular weight is 332 g/mol. The Kier molecular flexibility index (Phi) is 6.76. The lowest BCUT2D eigenvalue weighted by Crippen LogP contribution is -2.66. The maximum absolute atomic E-state index is 11.6. The zero-order chi connectivity index (χ0) is 17.5. The van der Waals surface area contributed by atoms with Crippen LogP contribution >= 0.6 is 0 Å². The Bertz CT molecular complexity index is 596. The van der Waals surface area contributed by atoms with Gasteiger partial charge in [0.05, 0.1) is 31.3 Å². The molecule has 6 heteroatoms. The molecule has 4 unspecified atom stereocenters. The van der Waals surface area contributed by atoms with Gasteiger partial charge in [0.15, 0.2) is 0 Å². The van der Waals surface area contributed by atoms with Crippen LogP contribution < -0.4 is 5.32 Å². The highest BCUT2D eigenvalue weighted by atomic mass is 16.3. The normalized spacial score (nSPS) is 27.2. The summed E-state index contributed by atoms with van der Waals surface area (Å²) >= 11 is 0. The third kappa shape index (κ3) is 4.56. The zero-order valence-electron chi connectivity index (χ0n) is 13.7. The van der Waals surface area contributed by atoms with Crippen LogP contribution in [0.2, 0.25) is 0 Å². The first-order valence-electron chi connectivity index (χ1n) is 8.11. The summed E-state index contributed by atoms with van der Waals surface area (Å²) in [4.78, 5) is 13.4. The van der Waals surface area contributed by atoms with E-state index in [0.717, 1.165) is 5.56 Å². The highest BCUT2D eigenvalue weighted by molar-refractivity contribution is 5.76. The molecule has 1 aromatic rings. The Morgan fingerprint density at radius 3 is 2.62 bits per heavy atom. The van der Waals surface area contributed by atoms with E-state index in [1.807, 2.05) is 30.3 Å². The summed E-state index contributed by atoms with van der Waals surface area (Å²) in [5, 5.41) is 32.6. The molecule has 1 amide bonds. The van der Waals surface area contributed by atoms with Crippen LogP contribution in [0.1, 0.15) is 18.9 Å². The number of aliphatic hydroxyl groups is 3. The second kappa shape index (κ2) is 8.81. The predicted octanol–water partition coefficient (Wildman–Crippen LogP) is -0.669. The van der Waals surface area contributed by atoms with Crippen molar-refractivity contribution in [3.63, 3.8) is 0 Å². The van der Waals surface area contributed by atoms with E-state index in [0.29, 0.717) is 19.5 Å². The number of likely N-dealkylation sites (tertiary alicyclic amines) is 1. The van der Waals surface area contributed by atoms with Crippen LogP contribution in [0.25, 0.3) is 0 Å². The summed E-state index contributed by atoms with van der Waals surface area (Å²) in [7, 11) is 0. The van der Waals surface area contributed by atoms with Crippen molar-refractivity contribution in [1.29, 1.82) is 0 Å². The number of rotatable bonds is 4. The molecule has 4 N–H and O–H groups in total. The lowest BCUT2D eigenvalue weighted by molar-refractivity contribution is -0.129. The molecular formula is C18H24N2O4. The first-order chi connectivity index (χ1) is 11.6. The summed E-state index contributed by atoms with van der Waals surface area (Å²) in [5.74, 6) is 5.85. The molecule has 2 rings (SSSR count). The van der Waals surface area contributed by atoms with Crippen molar-refractivity contribution in [2.75, 3.05) is 19.7 Å². The van der Waals surface area contributed by atoms with E-state index in [2.05, 4.69) is 17.2 Å². The fourth-order valence-electron chi connectivity index (χ4n) is 2.79. The second-order valence-electron chi connectivity index (χ2n) is 5.86. The van der Waals surface area contributed by atoms with E-state index in [4.69, 9.17) is 0 Å². The van der Waals surface area contributed by atoms with Gasteiger partial charge in [-0.3, -0.25) is 9.69 Å². The van der Waals surface area contributed by atoms with E-state index in [-0.39, 0.29) is 12.5 Å². The Balaban J connectivity index is 2.07. The Hall–Kier alpha value is -1.91. The van der Waals surface area contributed by atoms with Crippen LogP contribution in [0.3, 0.4) is 0 Å². The molecule has 1 aliphatic heterocycles. The number of piperidine rings is 1. The average Bonchev–Trinajstić information content (AvgIpc) is 2.60. The number of amides is 1. The van der Waals surface area contributed by atoms with Crippen LogP contribution in [-0.2, 0) is 4.79 Å². The Morgan fingerprint density at radius 2 is 2.00 bits per heavy atom. The van der Waals surface area contributed by atoms with E-state index in [9.17, 15) is 20.1 Å². The van der Waals surface area contributed by atoms with Crippen molar-refractivity contribution in [1.82, 2.24) is 10.2 Å². The first-order valence-corrected chi connectivity index (χ1v) is 8.11. The minimum atomic E-state index is -1.15. The van der Waals surface area contributed by atoms with Gasteiger partial charge in [-0.15, -0.1) is 0 Å². The number of carbonyl (C=O) groups excluding carboxylic acids is 1. The van der Waals surface area contributed by atoms with Gasteiger partial charge in [-0.05, 0) is 12.1 Å². The smallest absolute Gasteiger partial charge is 0.220 e. The minimum Gasteiger partial charge on any atom is -0.395 e. The highest BCUT2D eigenvalue weighted by Crippen LogP contribution is 2.18. The van der Waals surface area contributed by atoms with Gasteiger partial charge in [-0.1, -0.05) is 37.0 Å². The zero-order valence-corrected chi connectivity index (χ0v) is 13.7. The topological polar surface area (TPSA) is 93.0 Å². The van der Waals surface area contributed by atoms with E-state index >= 15 is 0 Å². The van der Waals surface area contributed by atoms with Crippen molar-refractivity contribution < 1.29 is 20.1 Å². The van der Waals surface area contributed by atoms with Gasteiger partial charge in [-0.2, -0.15) is 0 Å². The third-order valence-corrected chi connectivity index (χ3v) is 4.20. The van der Waals surface area contributed by atoms with Gasteiger partial charge in [0.1, 0.15) is 6.10 Å². The molecule has 0 spiro atoms. The largest absolute Gasteiger partial charge is 0.395 e. The lowest BCUT2D eigenvalue weighted by atomic mass is 9.92. The summed E-state index contributed by atoms with van der Waals surface area (Å²) in [6, 6.07) is 8.31. The van der Waals surface area contributed by atoms with Crippen LogP contribution in [-0.4, -0.2) is 70.1 Å². The monoisotopic (exact) mass is 332 g/mol. The molecule has 0 aromatic heterocycles. The fourth-order valence-corrected chi connectivity index (χ4v) is 2.79. The maximum Gasteiger partial charge on any atom is 0.220 e. The SMILES string of the molecule is CCC(=O)NC1CN(CC#Cc2ccccc2)C(CO)C(O)C1O. The molecular weight excluding hydrogens is 308 g/mol. The van der Waals surface area contributed by atoms with E-state index in [1.165, 1.54) is 0 Å². The number of nitrogens with zero attached hydrogens (tertiary/aromatic N) is 1. The molecule has 6 nitrogen and oxygen atoms in total. The van der Waals surface area contributed by atoms with Crippen LogP contribution in [0.4, 0.5) is 0 Å². The lowest BCUT2D eigenvalue weighted by Gasteiger charge is -2.44. The van der Waals surface area contributed by atoms with Gasteiger partial charge in [0.2, 0.25) is 5.91 Å². The van der Waals surface area contributed by atoms with Gasteiger partial charge in [0, 0.05) is 18.5 Å². The summed E-state index contributed by atoms with van der Waals surface area (Å²) in [5.41, 5.74) is 0.881. The molecule has 1 aromatic carbocycles. The van der Waals surface area contributed by atoms with Crippen LogP contribution in [0.15, 0.2) is 30.3 Å². The van der Waals surface area contributed by atoms with E-state index in [1.54, 1.807) is 11.8 Å². The molecule has 1 fully saturated rings. The molecule has 1 saturated heterocycles. The molecule has 0 aliphatic carbocycles. The van der Waals surface area contributed by atoms with Crippen molar-refractivity contribution in [2.24, 2.45) is 0 Å². The Labute approximate surface area is 142 Å². The quantitative estimate of drug-likeness (QED) is 0.549. The van der Waals surface area contributed by atoms with Crippen molar-refractivity contribution in [2.45, 2.75) is 37.6 Å². The molecule has 130 valence electrons. The molecule has 1 heterocycles. The fraction of sp³-hybridized carbons (Fsp3) is 0.500. The van der Waals surface area contributed by atoms with Crippen LogP contribution in [0.5, 0.6) is 0 Å². The Morgan fingerprint density at radius 1 is 1.29 bits per heavy atom. The first kappa shape index (κ1) is 18.4. The van der Waals surface area contributed by atoms with E-state index < -0.39 is 24.3 Å². The van der Waals surface area contributed by atoms with Crippen molar-refractivity contribution in [3.05, 3.63) is 35.9 Å². The van der Waals surface area contributed by atoms with Gasteiger partial charge >= 0.3 is 0 Å². The molecule has 0 saturated carbocycles. The molecule has 24 heavy (non-hydrogen) atoms. The number of aliphatic hydroxyl groups excluding tert-OH is 3. The summed E-state index contributed by atoms with van der Waals surface area (Å²) in [6.45, 7) is 2.07. The van der Waals surface area contributed by atoms with Crippen molar-refractivity contribution >= 4 is 5.91 Å². The maximum atomic E-state index is 11.6. The molecule has 1 aliphatic rings. The standard InChI is InChI=1S/C18H24N2O4/c1-2-16(22)19-14-11-20(15(12-21)18(24)17(14)23)10-6-9-13-7-4-3-5-8-13/h3-5,7-8,14-15,17-18,21,23-24H,2,10-12H2,1H3,(H,19,22). The molecule has 0 radical (unpaired) electrons. The number of hydrogen-bond donors (Lipinski definition) is 4. The number of benzene rings is 1. The summed E-state index contributed by atoms with van der Waals surface area (Å²) in [6.07, 6.45) is -1.96. The minimum absolute atomic E-state index is 0.191. The third-order valence-electron chi connectivity index (χ3n) is 4.20. The number of nitrogens with one attached hydrogen (secondary N) is 1. The predicted molar refractivity (Wildman–Crippen MR) is 90.0 cm³/mol. The second-order valence-corrected chi connectivity index (χ2v) is 5.86. The van der Waals surface area contributed by atoms with Gasteiger partial charge in [0.25, 0.3) is 0 Å².